The molecule has 0 unspecified atom stereocenters. The summed E-state index contributed by atoms with van der Waals surface area (Å²) in [6, 6.07) is 9.05. The number of benzene rings is 1. The van der Waals surface area contributed by atoms with E-state index in [1.165, 1.54) is 5.67 Å². The molecule has 2 rings (SSSR count). The monoisotopic (exact) mass is 176 g/mol. The van der Waals surface area contributed by atoms with Crippen molar-refractivity contribution in [1.29, 1.82) is 0 Å². The van der Waals surface area contributed by atoms with Crippen LogP contribution in [0.3, 0.4) is 0 Å². The second kappa shape index (κ2) is 2.61. The van der Waals surface area contributed by atoms with Crippen molar-refractivity contribution in [1.82, 2.24) is 0 Å². The molecule has 0 saturated carbocycles. The van der Waals surface area contributed by atoms with Gasteiger partial charge in [0.05, 0.1) is 17.6 Å². The van der Waals surface area contributed by atoms with Crippen LogP contribution in [-0.2, 0) is 0 Å². The molecule has 0 aromatic heterocycles. The Balaban J connectivity index is 2.52. The molecule has 11 heavy (non-hydrogen) atoms. The second-order valence-electron chi connectivity index (χ2n) is 3.28. The van der Waals surface area contributed by atoms with Crippen LogP contribution in [0.2, 0.25) is 18.8 Å². The van der Waals surface area contributed by atoms with Gasteiger partial charge in [-0.1, -0.05) is 53.4 Å². The van der Waals surface area contributed by atoms with Crippen molar-refractivity contribution in [2.24, 2.45) is 0 Å². The van der Waals surface area contributed by atoms with Crippen LogP contribution in [0.4, 0.5) is 0 Å². The maximum absolute atomic E-state index is 2.45. The van der Waals surface area contributed by atoms with Gasteiger partial charge in [-0.15, -0.1) is 0 Å². The third kappa shape index (κ3) is 1.10. The lowest BCUT2D eigenvalue weighted by atomic mass is 10.4. The van der Waals surface area contributed by atoms with Gasteiger partial charge in [0.1, 0.15) is 0 Å². The number of hydrogen-bond donors (Lipinski definition) is 0. The predicted molar refractivity (Wildman–Crippen MR) is 53.8 cm³/mol. The summed E-state index contributed by atoms with van der Waals surface area (Å²) in [5.41, 5.74) is 1.54. The number of hydrogen-bond acceptors (Lipinski definition) is 0. The van der Waals surface area contributed by atoms with Crippen LogP contribution in [0, 0.1) is 0 Å². The summed E-state index contributed by atoms with van der Waals surface area (Å²) in [5.74, 6) is 0. The summed E-state index contributed by atoms with van der Waals surface area (Å²) in [7, 11) is -0.235. The number of rotatable bonds is 0. The average Bonchev–Trinajstić information content (AvgIpc) is 2.30. The van der Waals surface area contributed by atoms with E-state index in [-0.39, 0.29) is 17.6 Å². The first-order chi connectivity index (χ1) is 5.29. The Labute approximate surface area is 71.5 Å². The smallest absolute Gasteiger partial charge is 0.0671 e. The molecule has 1 aromatic rings. The highest BCUT2D eigenvalue weighted by molar-refractivity contribution is 6.98. The quantitative estimate of drug-likeness (QED) is 0.515. The van der Waals surface area contributed by atoms with Crippen molar-refractivity contribution in [2.45, 2.75) is 18.8 Å². The van der Waals surface area contributed by atoms with E-state index in [4.69, 9.17) is 0 Å². The molecule has 0 bridgehead atoms. The van der Waals surface area contributed by atoms with E-state index in [0.29, 0.717) is 0 Å². The lowest BCUT2D eigenvalue weighted by Gasteiger charge is -2.01. The molecule has 0 aliphatic carbocycles. The van der Waals surface area contributed by atoms with E-state index in [1.807, 2.05) is 0 Å². The summed E-state index contributed by atoms with van der Waals surface area (Å²) >= 11 is 0. The Kier molecular flexibility index (Phi) is 1.73. The summed E-state index contributed by atoms with van der Waals surface area (Å²) in [5, 5.41) is 3.43. The number of fused-ring (bicyclic) bond motifs is 1. The molecule has 56 valence electrons. The molecule has 1 aromatic carbocycles. The lowest BCUT2D eigenvalue weighted by Crippen LogP contribution is -2.32. The highest BCUT2D eigenvalue weighted by atomic mass is 28.3. The summed E-state index contributed by atoms with van der Waals surface area (Å²) in [6.07, 6.45) is 0. The Bertz CT molecular complexity index is 243. The SMILES string of the molecule is C[Si]1C[Si](C)c2ccccc21. The fourth-order valence-corrected chi connectivity index (χ4v) is 9.65. The second-order valence-corrected chi connectivity index (χ2v) is 8.90. The van der Waals surface area contributed by atoms with E-state index < -0.39 is 0 Å². The molecule has 0 N–H and O–H groups in total. The minimum absolute atomic E-state index is 0.117. The summed E-state index contributed by atoms with van der Waals surface area (Å²) in [4.78, 5) is 0. The molecule has 0 spiro atoms. The van der Waals surface area contributed by atoms with Crippen molar-refractivity contribution < 1.29 is 0 Å². The average molecular weight is 176 g/mol. The fourth-order valence-electron chi connectivity index (χ4n) is 1.82. The third-order valence-electron chi connectivity index (χ3n) is 2.38. The van der Waals surface area contributed by atoms with Gasteiger partial charge >= 0.3 is 0 Å². The van der Waals surface area contributed by atoms with Gasteiger partial charge in [-0.2, -0.15) is 0 Å². The summed E-state index contributed by atoms with van der Waals surface area (Å²) < 4.78 is 0. The Hall–Kier alpha value is -0.346. The van der Waals surface area contributed by atoms with Crippen LogP contribution in [0.5, 0.6) is 0 Å². The van der Waals surface area contributed by atoms with Gasteiger partial charge < -0.3 is 0 Å². The highest BCUT2D eigenvalue weighted by Crippen LogP contribution is 2.06. The van der Waals surface area contributed by atoms with Gasteiger partial charge in [0.25, 0.3) is 0 Å². The Morgan fingerprint density at radius 3 is 1.91 bits per heavy atom. The first kappa shape index (κ1) is 7.31. The van der Waals surface area contributed by atoms with Gasteiger partial charge in [0, 0.05) is 0 Å². The Morgan fingerprint density at radius 1 is 1.00 bits per heavy atom. The van der Waals surface area contributed by atoms with Crippen LogP contribution < -0.4 is 10.4 Å². The van der Waals surface area contributed by atoms with Crippen molar-refractivity contribution in [2.75, 3.05) is 0 Å². The molecule has 2 heteroatoms. The largest absolute Gasteiger partial charge is 0.0795 e. The van der Waals surface area contributed by atoms with Crippen molar-refractivity contribution >= 4 is 28.0 Å². The van der Waals surface area contributed by atoms with Gasteiger partial charge in [0.15, 0.2) is 0 Å². The van der Waals surface area contributed by atoms with Crippen LogP contribution in [0.15, 0.2) is 24.3 Å². The molecule has 1 aliphatic rings. The predicted octanol–water partition coefficient (Wildman–Crippen LogP) is 0.903. The normalized spacial score (nSPS) is 18.7. The molecule has 0 nitrogen and oxygen atoms in total. The molecule has 0 atom stereocenters. The van der Waals surface area contributed by atoms with Crippen molar-refractivity contribution in [3.8, 4) is 0 Å². The molecule has 2 radical (unpaired) electrons. The first-order valence-electron chi connectivity index (χ1n) is 4.03. The summed E-state index contributed by atoms with van der Waals surface area (Å²) in [6.45, 7) is 4.90. The van der Waals surface area contributed by atoms with Crippen LogP contribution in [-0.4, -0.2) is 17.6 Å². The molecular formula is C9H12Si2. The van der Waals surface area contributed by atoms with E-state index in [9.17, 15) is 0 Å². The van der Waals surface area contributed by atoms with E-state index in [0.717, 1.165) is 0 Å². The molecule has 1 heterocycles. The molecule has 1 aliphatic heterocycles. The fraction of sp³-hybridized carbons (Fsp3) is 0.333. The van der Waals surface area contributed by atoms with Crippen LogP contribution in [0.1, 0.15) is 0 Å². The molecule has 0 fully saturated rings. The van der Waals surface area contributed by atoms with Crippen LogP contribution in [0.25, 0.3) is 0 Å². The maximum atomic E-state index is 2.45. The lowest BCUT2D eigenvalue weighted by molar-refractivity contribution is 1.81. The van der Waals surface area contributed by atoms with Crippen molar-refractivity contribution in [3.05, 3.63) is 24.3 Å². The highest BCUT2D eigenvalue weighted by Gasteiger charge is 2.26. The standard InChI is InChI=1S/C9H12Si2/c1-10-7-11(2)9-6-4-3-5-8(9)10/h3-6H,7H2,1-2H3. The molecule has 0 saturated heterocycles. The van der Waals surface area contributed by atoms with Gasteiger partial charge in [-0.05, 0) is 0 Å². The third-order valence-corrected chi connectivity index (χ3v) is 9.58. The van der Waals surface area contributed by atoms with E-state index in [1.54, 1.807) is 10.4 Å². The Morgan fingerprint density at radius 2 is 1.45 bits per heavy atom. The van der Waals surface area contributed by atoms with Gasteiger partial charge in [-0.3, -0.25) is 0 Å². The molecule has 0 amide bonds. The van der Waals surface area contributed by atoms with E-state index >= 15 is 0 Å². The maximum Gasteiger partial charge on any atom is 0.0795 e. The minimum atomic E-state index is -0.117. The first-order valence-corrected chi connectivity index (χ1v) is 8.45. The topological polar surface area (TPSA) is 0 Å². The zero-order valence-electron chi connectivity index (χ0n) is 7.02. The zero-order chi connectivity index (χ0) is 7.84. The molecular weight excluding hydrogens is 164 g/mol. The zero-order valence-corrected chi connectivity index (χ0v) is 9.02. The van der Waals surface area contributed by atoms with Gasteiger partial charge in [-0.25, -0.2) is 0 Å². The van der Waals surface area contributed by atoms with Crippen LogP contribution >= 0.6 is 0 Å². The van der Waals surface area contributed by atoms with Crippen molar-refractivity contribution in [3.63, 3.8) is 0 Å². The minimum Gasteiger partial charge on any atom is -0.0671 e. The van der Waals surface area contributed by atoms with Gasteiger partial charge in [0.2, 0.25) is 0 Å². The van der Waals surface area contributed by atoms with E-state index in [2.05, 4.69) is 37.4 Å².